The Bertz CT molecular complexity index is 833. The maximum atomic E-state index is 12.3. The summed E-state index contributed by atoms with van der Waals surface area (Å²) in [7, 11) is 0. The summed E-state index contributed by atoms with van der Waals surface area (Å²) in [5.74, 6) is -0.266. The molecule has 0 bridgehead atoms. The summed E-state index contributed by atoms with van der Waals surface area (Å²) in [6.45, 7) is 2.06. The number of aliphatic hydroxyl groups excluding tert-OH is 1. The predicted octanol–water partition coefficient (Wildman–Crippen LogP) is 1.43. The average Bonchev–Trinajstić information content (AvgIpc) is 3.14. The molecule has 0 spiro atoms. The highest BCUT2D eigenvalue weighted by molar-refractivity contribution is 5.94. The standard InChI is InChI=1S/C17H17N5O2/c1-12-5-2-3-8-15(12)16(23)10-18-17(24)13-6-4-7-14(9-13)22-11-19-20-21-22/h2-9,11,16,23H,10H2,1H3,(H,18,24). The number of nitrogens with one attached hydrogen (secondary N) is 1. The number of aryl methyl sites for hydroxylation is 1. The summed E-state index contributed by atoms with van der Waals surface area (Å²) in [6, 6.07) is 14.5. The van der Waals surface area contributed by atoms with Gasteiger partial charge in [-0.1, -0.05) is 30.3 Å². The van der Waals surface area contributed by atoms with Gasteiger partial charge in [-0.3, -0.25) is 4.79 Å². The molecule has 7 heteroatoms. The van der Waals surface area contributed by atoms with Gasteiger partial charge in [-0.2, -0.15) is 0 Å². The third-order valence-corrected chi connectivity index (χ3v) is 3.73. The monoisotopic (exact) mass is 323 g/mol. The second kappa shape index (κ2) is 7.01. The van der Waals surface area contributed by atoms with Crippen molar-refractivity contribution in [2.75, 3.05) is 6.54 Å². The van der Waals surface area contributed by atoms with E-state index < -0.39 is 6.10 Å². The van der Waals surface area contributed by atoms with E-state index >= 15 is 0 Å². The Balaban J connectivity index is 1.67. The fourth-order valence-corrected chi connectivity index (χ4v) is 2.43. The molecule has 0 radical (unpaired) electrons. The number of aromatic nitrogens is 4. The van der Waals surface area contributed by atoms with Crippen LogP contribution in [-0.2, 0) is 0 Å². The largest absolute Gasteiger partial charge is 0.387 e. The number of nitrogens with zero attached hydrogens (tertiary/aromatic N) is 4. The molecule has 0 aliphatic rings. The normalized spacial score (nSPS) is 11.9. The molecule has 0 aliphatic carbocycles. The summed E-state index contributed by atoms with van der Waals surface area (Å²) in [4.78, 5) is 12.3. The third-order valence-electron chi connectivity index (χ3n) is 3.73. The van der Waals surface area contributed by atoms with Crippen LogP contribution in [0, 0.1) is 6.92 Å². The lowest BCUT2D eigenvalue weighted by molar-refractivity contribution is 0.0916. The fraction of sp³-hybridized carbons (Fsp3) is 0.176. The highest BCUT2D eigenvalue weighted by Gasteiger charge is 2.13. The number of aliphatic hydroxyl groups is 1. The SMILES string of the molecule is Cc1ccccc1C(O)CNC(=O)c1cccc(-n2cnnn2)c1. The minimum absolute atomic E-state index is 0.138. The van der Waals surface area contributed by atoms with Crippen molar-refractivity contribution in [2.45, 2.75) is 13.0 Å². The van der Waals surface area contributed by atoms with Crippen molar-refractivity contribution in [1.29, 1.82) is 0 Å². The van der Waals surface area contributed by atoms with Crippen LogP contribution in [0.4, 0.5) is 0 Å². The summed E-state index contributed by atoms with van der Waals surface area (Å²) < 4.78 is 1.47. The lowest BCUT2D eigenvalue weighted by Crippen LogP contribution is -2.28. The maximum Gasteiger partial charge on any atom is 0.251 e. The highest BCUT2D eigenvalue weighted by atomic mass is 16.3. The first kappa shape index (κ1) is 15.8. The number of hydrogen-bond donors (Lipinski definition) is 2. The second-order valence-corrected chi connectivity index (χ2v) is 5.39. The molecule has 1 atom stereocenters. The van der Waals surface area contributed by atoms with Crippen LogP contribution in [0.3, 0.4) is 0 Å². The summed E-state index contributed by atoms with van der Waals surface area (Å²) in [5.41, 5.74) is 2.95. The first-order valence-corrected chi connectivity index (χ1v) is 7.50. The summed E-state index contributed by atoms with van der Waals surface area (Å²) in [5, 5.41) is 23.9. The number of hydrogen-bond acceptors (Lipinski definition) is 5. The fourth-order valence-electron chi connectivity index (χ4n) is 2.43. The van der Waals surface area contributed by atoms with Crippen LogP contribution in [0.5, 0.6) is 0 Å². The molecule has 0 fully saturated rings. The number of carbonyl (C=O) groups excluding carboxylic acids is 1. The van der Waals surface area contributed by atoms with Gasteiger partial charge in [-0.05, 0) is 46.7 Å². The minimum atomic E-state index is -0.752. The second-order valence-electron chi connectivity index (χ2n) is 5.39. The zero-order valence-electron chi connectivity index (χ0n) is 13.1. The zero-order chi connectivity index (χ0) is 16.9. The lowest BCUT2D eigenvalue weighted by atomic mass is 10.0. The number of amides is 1. The van der Waals surface area contributed by atoms with Gasteiger partial charge in [-0.25, -0.2) is 4.68 Å². The van der Waals surface area contributed by atoms with Gasteiger partial charge in [0.2, 0.25) is 0 Å². The Labute approximate surface area is 138 Å². The van der Waals surface area contributed by atoms with E-state index in [9.17, 15) is 9.90 Å². The quantitative estimate of drug-likeness (QED) is 0.741. The Morgan fingerprint density at radius 1 is 1.25 bits per heavy atom. The van der Waals surface area contributed by atoms with Crippen molar-refractivity contribution < 1.29 is 9.90 Å². The van der Waals surface area contributed by atoms with Gasteiger partial charge in [-0.15, -0.1) is 5.10 Å². The van der Waals surface area contributed by atoms with E-state index in [1.807, 2.05) is 31.2 Å². The van der Waals surface area contributed by atoms with Crippen LogP contribution in [0.2, 0.25) is 0 Å². The van der Waals surface area contributed by atoms with Gasteiger partial charge in [0.15, 0.2) is 0 Å². The van der Waals surface area contributed by atoms with Crippen molar-refractivity contribution >= 4 is 5.91 Å². The Morgan fingerprint density at radius 2 is 2.08 bits per heavy atom. The highest BCUT2D eigenvalue weighted by Crippen LogP contribution is 2.16. The summed E-state index contributed by atoms with van der Waals surface area (Å²) in [6.07, 6.45) is 0.705. The first-order valence-electron chi connectivity index (χ1n) is 7.50. The molecule has 24 heavy (non-hydrogen) atoms. The number of rotatable bonds is 5. The molecule has 3 aromatic rings. The number of tetrazole rings is 1. The molecule has 0 aliphatic heterocycles. The molecule has 122 valence electrons. The molecule has 1 amide bonds. The van der Waals surface area contributed by atoms with E-state index in [2.05, 4.69) is 20.8 Å². The van der Waals surface area contributed by atoms with Crippen LogP contribution < -0.4 is 5.32 Å². The number of benzene rings is 2. The van der Waals surface area contributed by atoms with Crippen molar-refractivity contribution in [2.24, 2.45) is 0 Å². The number of carbonyl (C=O) groups is 1. The molecule has 1 unspecified atom stereocenters. The van der Waals surface area contributed by atoms with Crippen LogP contribution >= 0.6 is 0 Å². The Hall–Kier alpha value is -3.06. The topological polar surface area (TPSA) is 92.9 Å². The maximum absolute atomic E-state index is 12.3. The van der Waals surface area contributed by atoms with E-state index in [-0.39, 0.29) is 12.5 Å². The van der Waals surface area contributed by atoms with Crippen molar-refractivity contribution in [3.8, 4) is 5.69 Å². The van der Waals surface area contributed by atoms with Crippen LogP contribution in [0.25, 0.3) is 5.69 Å². The summed E-state index contributed by atoms with van der Waals surface area (Å²) >= 11 is 0. The molecule has 2 aromatic carbocycles. The molecule has 1 aromatic heterocycles. The molecule has 0 saturated carbocycles. The van der Waals surface area contributed by atoms with E-state index in [1.54, 1.807) is 24.3 Å². The van der Waals surface area contributed by atoms with Crippen LogP contribution in [-0.4, -0.2) is 37.8 Å². The third kappa shape index (κ3) is 3.47. The van der Waals surface area contributed by atoms with Gasteiger partial charge >= 0.3 is 0 Å². The van der Waals surface area contributed by atoms with Crippen molar-refractivity contribution in [3.63, 3.8) is 0 Å². The van der Waals surface area contributed by atoms with Gasteiger partial charge in [0.1, 0.15) is 6.33 Å². The Morgan fingerprint density at radius 3 is 2.83 bits per heavy atom. The molecule has 3 rings (SSSR count). The smallest absolute Gasteiger partial charge is 0.251 e. The van der Waals surface area contributed by atoms with Crippen molar-refractivity contribution in [1.82, 2.24) is 25.5 Å². The van der Waals surface area contributed by atoms with E-state index in [0.717, 1.165) is 11.1 Å². The van der Waals surface area contributed by atoms with Gasteiger partial charge < -0.3 is 10.4 Å². The van der Waals surface area contributed by atoms with Crippen LogP contribution in [0.15, 0.2) is 54.9 Å². The molecular formula is C17H17N5O2. The Kier molecular flexibility index (Phi) is 4.62. The first-order chi connectivity index (χ1) is 11.6. The molecule has 7 nitrogen and oxygen atoms in total. The van der Waals surface area contributed by atoms with Gasteiger partial charge in [0.25, 0.3) is 5.91 Å². The molecule has 0 saturated heterocycles. The van der Waals surface area contributed by atoms with E-state index in [0.29, 0.717) is 11.3 Å². The minimum Gasteiger partial charge on any atom is -0.387 e. The van der Waals surface area contributed by atoms with Gasteiger partial charge in [0.05, 0.1) is 11.8 Å². The van der Waals surface area contributed by atoms with Crippen molar-refractivity contribution in [3.05, 3.63) is 71.5 Å². The van der Waals surface area contributed by atoms with E-state index in [4.69, 9.17) is 0 Å². The molecular weight excluding hydrogens is 306 g/mol. The lowest BCUT2D eigenvalue weighted by Gasteiger charge is -2.14. The zero-order valence-corrected chi connectivity index (χ0v) is 13.1. The average molecular weight is 323 g/mol. The predicted molar refractivity (Wildman–Crippen MR) is 87.6 cm³/mol. The van der Waals surface area contributed by atoms with E-state index in [1.165, 1.54) is 11.0 Å². The van der Waals surface area contributed by atoms with Crippen LogP contribution in [0.1, 0.15) is 27.6 Å². The molecule has 2 N–H and O–H groups in total. The van der Waals surface area contributed by atoms with Gasteiger partial charge in [0, 0.05) is 12.1 Å². The molecule has 1 heterocycles.